The van der Waals surface area contributed by atoms with Crippen LogP contribution in [0.25, 0.3) is 0 Å². The third kappa shape index (κ3) is 1.44. The van der Waals surface area contributed by atoms with Gasteiger partial charge in [0, 0.05) is 0 Å². The van der Waals surface area contributed by atoms with Crippen molar-refractivity contribution in [1.82, 2.24) is 0 Å². The minimum Gasteiger partial charge on any atom is -0.204 e. The van der Waals surface area contributed by atoms with E-state index in [0.29, 0.717) is 5.02 Å². The van der Waals surface area contributed by atoms with Crippen molar-refractivity contribution in [3.8, 4) is 0 Å². The molecule has 4 heteroatoms. The van der Waals surface area contributed by atoms with Gasteiger partial charge in [0.2, 0.25) is 0 Å². The maximum absolute atomic E-state index is 12.7. The molecule has 0 bridgehead atoms. The first-order chi connectivity index (χ1) is 4.63. The Morgan fingerprint density at radius 1 is 1.20 bits per heavy atom. The van der Waals surface area contributed by atoms with Crippen LogP contribution in [0.1, 0.15) is 0 Å². The molecule has 0 spiro atoms. The van der Waals surface area contributed by atoms with E-state index in [0.717, 1.165) is 0 Å². The molecule has 0 aliphatic rings. The summed E-state index contributed by atoms with van der Waals surface area (Å²) >= 11 is 13.9. The van der Waals surface area contributed by atoms with Crippen molar-refractivity contribution in [3.05, 3.63) is 32.5 Å². The van der Waals surface area contributed by atoms with Crippen LogP contribution >= 0.6 is 39.1 Å². The first-order valence-electron chi connectivity index (χ1n) is 2.42. The lowest BCUT2D eigenvalue weighted by Crippen LogP contribution is -1.79. The smallest absolute Gasteiger partial charge is 0.157 e. The van der Waals surface area contributed by atoms with Crippen molar-refractivity contribution in [2.24, 2.45) is 0 Å². The van der Waals surface area contributed by atoms with Crippen molar-refractivity contribution in [1.29, 1.82) is 0 Å². The van der Waals surface area contributed by atoms with E-state index >= 15 is 0 Å². The molecule has 54 valence electrons. The van der Waals surface area contributed by atoms with Crippen LogP contribution in [-0.4, -0.2) is 0 Å². The van der Waals surface area contributed by atoms with E-state index in [2.05, 4.69) is 15.9 Å². The molecule has 0 amide bonds. The Bertz CT molecular complexity index is 235. The molecule has 0 saturated carbocycles. The first kappa shape index (κ1) is 8.31. The number of halogens is 4. The first-order valence-corrected chi connectivity index (χ1v) is 3.97. The van der Waals surface area contributed by atoms with Crippen LogP contribution in [0.2, 0.25) is 10.0 Å². The van der Waals surface area contributed by atoms with Crippen LogP contribution < -0.4 is 0 Å². The van der Waals surface area contributed by atoms with Gasteiger partial charge in [-0.25, -0.2) is 4.39 Å². The Morgan fingerprint density at radius 2 is 1.70 bits per heavy atom. The van der Waals surface area contributed by atoms with Crippen molar-refractivity contribution in [2.45, 2.75) is 0 Å². The molecule has 0 N–H and O–H groups in total. The summed E-state index contributed by atoms with van der Waals surface area (Å²) in [6.07, 6.45) is 0. The zero-order chi connectivity index (χ0) is 7.72. The van der Waals surface area contributed by atoms with E-state index in [9.17, 15) is 4.39 Å². The quantitative estimate of drug-likeness (QED) is 0.479. The average molecular weight is 244 g/mol. The Labute approximate surface area is 76.1 Å². The Hall–Kier alpha value is 0.210. The molecule has 1 aromatic carbocycles. The summed E-state index contributed by atoms with van der Waals surface area (Å²) in [5.41, 5.74) is 0. The predicted molar refractivity (Wildman–Crippen MR) is 44.1 cm³/mol. The fourth-order valence-electron chi connectivity index (χ4n) is 0.502. The van der Waals surface area contributed by atoms with Crippen LogP contribution in [-0.2, 0) is 0 Å². The van der Waals surface area contributed by atoms with E-state index in [4.69, 9.17) is 23.2 Å². The van der Waals surface area contributed by atoms with Gasteiger partial charge in [0.25, 0.3) is 0 Å². The maximum atomic E-state index is 12.7. The van der Waals surface area contributed by atoms with Crippen LogP contribution in [0.4, 0.5) is 4.39 Å². The summed E-state index contributed by atoms with van der Waals surface area (Å²) in [6, 6.07) is 2.93. The predicted octanol–water partition coefficient (Wildman–Crippen LogP) is 3.89. The molecule has 0 nitrogen and oxygen atoms in total. The van der Waals surface area contributed by atoms with Gasteiger partial charge in [-0.3, -0.25) is 0 Å². The molecule has 0 atom stereocenters. The summed E-state index contributed by atoms with van der Waals surface area (Å²) in [6.45, 7) is 0. The molecule has 0 fully saturated rings. The van der Waals surface area contributed by atoms with Gasteiger partial charge in [-0.1, -0.05) is 23.2 Å². The number of rotatable bonds is 0. The molecular formula is C6H2BrCl2F. The lowest BCUT2D eigenvalue weighted by Gasteiger charge is -1.97. The third-order valence-electron chi connectivity index (χ3n) is 0.988. The maximum Gasteiger partial charge on any atom is 0.157 e. The van der Waals surface area contributed by atoms with Crippen LogP contribution in [0, 0.1) is 5.82 Å². The van der Waals surface area contributed by atoms with Crippen LogP contribution in [0.3, 0.4) is 0 Å². The highest BCUT2D eigenvalue weighted by Gasteiger charge is 2.06. The summed E-state index contributed by atoms with van der Waals surface area (Å²) in [5, 5.41) is 0.387. The fraction of sp³-hybridized carbons (Fsp3) is 0. The number of hydrogen-bond donors (Lipinski definition) is 0. The fourth-order valence-corrected chi connectivity index (χ4v) is 1.27. The highest BCUT2D eigenvalue weighted by molar-refractivity contribution is 9.10. The zero-order valence-electron chi connectivity index (χ0n) is 4.67. The second kappa shape index (κ2) is 3.07. The van der Waals surface area contributed by atoms with Gasteiger partial charge < -0.3 is 0 Å². The van der Waals surface area contributed by atoms with Gasteiger partial charge in [0.15, 0.2) is 5.82 Å². The minimum absolute atomic E-state index is 0.0660. The van der Waals surface area contributed by atoms with E-state index in [1.807, 2.05) is 0 Å². The second-order valence-electron chi connectivity index (χ2n) is 1.66. The van der Waals surface area contributed by atoms with Gasteiger partial charge in [0.1, 0.15) is 0 Å². The van der Waals surface area contributed by atoms with Gasteiger partial charge in [0.05, 0.1) is 14.5 Å². The Morgan fingerprint density at radius 3 is 2.20 bits per heavy atom. The standard InChI is InChI=1S/C6H2BrCl2F/c7-5-3(8)1-2-4(9)6(5)10/h1-2H. The van der Waals surface area contributed by atoms with Gasteiger partial charge in [-0.2, -0.15) is 0 Å². The molecule has 0 aliphatic carbocycles. The molecule has 10 heavy (non-hydrogen) atoms. The molecule has 0 unspecified atom stereocenters. The molecule has 0 saturated heterocycles. The second-order valence-corrected chi connectivity index (χ2v) is 3.26. The molecule has 0 aliphatic heterocycles. The van der Waals surface area contributed by atoms with Crippen molar-refractivity contribution in [2.75, 3.05) is 0 Å². The van der Waals surface area contributed by atoms with E-state index < -0.39 is 5.82 Å². The van der Waals surface area contributed by atoms with E-state index in [1.54, 1.807) is 0 Å². The van der Waals surface area contributed by atoms with Gasteiger partial charge >= 0.3 is 0 Å². The summed E-state index contributed by atoms with van der Waals surface area (Å²) in [5.74, 6) is -0.519. The summed E-state index contributed by atoms with van der Waals surface area (Å²) in [7, 11) is 0. The van der Waals surface area contributed by atoms with Gasteiger partial charge in [-0.15, -0.1) is 0 Å². The van der Waals surface area contributed by atoms with Crippen molar-refractivity contribution in [3.63, 3.8) is 0 Å². The third-order valence-corrected chi connectivity index (χ3v) is 2.60. The van der Waals surface area contributed by atoms with Crippen molar-refractivity contribution >= 4 is 39.1 Å². The Kier molecular flexibility index (Phi) is 2.55. The lowest BCUT2D eigenvalue weighted by molar-refractivity contribution is 0.621. The minimum atomic E-state index is -0.519. The van der Waals surface area contributed by atoms with Crippen molar-refractivity contribution < 1.29 is 4.39 Å². The molecule has 0 radical (unpaired) electrons. The molecule has 1 aromatic rings. The van der Waals surface area contributed by atoms with Crippen LogP contribution in [0.15, 0.2) is 16.6 Å². The monoisotopic (exact) mass is 242 g/mol. The van der Waals surface area contributed by atoms with E-state index in [-0.39, 0.29) is 9.50 Å². The van der Waals surface area contributed by atoms with Crippen LogP contribution in [0.5, 0.6) is 0 Å². The highest BCUT2D eigenvalue weighted by Crippen LogP contribution is 2.29. The van der Waals surface area contributed by atoms with Gasteiger partial charge in [-0.05, 0) is 28.1 Å². The highest BCUT2D eigenvalue weighted by atomic mass is 79.9. The lowest BCUT2D eigenvalue weighted by atomic mass is 10.3. The zero-order valence-corrected chi connectivity index (χ0v) is 7.76. The normalized spacial score (nSPS) is 10.0. The molecule has 1 rings (SSSR count). The summed E-state index contributed by atoms with van der Waals surface area (Å²) in [4.78, 5) is 0. The summed E-state index contributed by atoms with van der Waals surface area (Å²) < 4.78 is 12.9. The molecular weight excluding hydrogens is 242 g/mol. The van der Waals surface area contributed by atoms with E-state index in [1.165, 1.54) is 12.1 Å². The molecule has 0 aromatic heterocycles. The molecule has 0 heterocycles. The Balaban J connectivity index is 3.34. The average Bonchev–Trinajstić information content (AvgIpc) is 1.93. The largest absolute Gasteiger partial charge is 0.204 e. The number of benzene rings is 1. The topological polar surface area (TPSA) is 0 Å². The SMILES string of the molecule is Fc1c(Cl)ccc(Cl)c1Br. The number of hydrogen-bond acceptors (Lipinski definition) is 0.